The fourth-order valence-corrected chi connectivity index (χ4v) is 4.64. The molecule has 0 radical (unpaired) electrons. The van der Waals surface area contributed by atoms with Gasteiger partial charge in [-0.2, -0.15) is 20.2 Å². The minimum Gasteiger partial charge on any atom is -0.354 e. The zero-order chi connectivity index (χ0) is 32.9. The average molecular weight is 632 g/mol. The maximum Gasteiger partial charge on any atom is 0.351 e. The summed E-state index contributed by atoms with van der Waals surface area (Å²) in [4.78, 5) is 67.2. The fourth-order valence-electron chi connectivity index (χ4n) is 4.64. The average Bonchev–Trinajstić information content (AvgIpc) is 3.40. The predicted octanol–water partition coefficient (Wildman–Crippen LogP) is 4.46. The summed E-state index contributed by atoms with van der Waals surface area (Å²) in [5.41, 5.74) is 1.61. The monoisotopic (exact) mass is 631 g/mol. The van der Waals surface area contributed by atoms with Gasteiger partial charge < -0.3 is 30.8 Å². The first-order valence-electron chi connectivity index (χ1n) is 15.5. The number of benzene rings is 2. The van der Waals surface area contributed by atoms with Crippen molar-refractivity contribution in [1.82, 2.24) is 29.8 Å². The molecule has 0 saturated heterocycles. The second-order valence-corrected chi connectivity index (χ2v) is 10.9. The highest BCUT2D eigenvalue weighted by molar-refractivity contribution is 6.10. The number of unbranched alkanes of at least 4 members (excludes halogenated alkanes) is 2. The summed E-state index contributed by atoms with van der Waals surface area (Å²) in [6, 6.07) is 10.1. The maximum absolute atomic E-state index is 12.8. The predicted molar refractivity (Wildman–Crippen MR) is 178 cm³/mol. The van der Waals surface area contributed by atoms with E-state index in [4.69, 9.17) is 0 Å². The van der Waals surface area contributed by atoms with Gasteiger partial charge in [-0.1, -0.05) is 26.7 Å². The van der Waals surface area contributed by atoms with Crippen molar-refractivity contribution in [3.8, 4) is 0 Å². The molecule has 0 saturated carbocycles. The molecule has 6 N–H and O–H groups in total. The van der Waals surface area contributed by atoms with E-state index in [1.54, 1.807) is 42.5 Å². The Bertz CT molecular complexity index is 1740. The SMILES string of the molecule is CCCCN(CCCC)CCCNc1nc(Nc2ccc(N=NC(C(C)=O)C(=O)Nc3ccc4[nH]c(=O)[nH]c4c3)cc2)[nH]c(=O)n1. The van der Waals surface area contributed by atoms with Gasteiger partial charge in [-0.3, -0.25) is 14.6 Å². The van der Waals surface area contributed by atoms with Gasteiger partial charge >= 0.3 is 11.4 Å². The second-order valence-electron chi connectivity index (χ2n) is 10.9. The van der Waals surface area contributed by atoms with Crippen LogP contribution in [0.25, 0.3) is 11.0 Å². The molecule has 1 amide bonds. The van der Waals surface area contributed by atoms with Gasteiger partial charge in [0.05, 0.1) is 16.7 Å². The molecule has 0 spiro atoms. The number of imidazole rings is 1. The van der Waals surface area contributed by atoms with Crippen LogP contribution in [0.2, 0.25) is 0 Å². The molecule has 2 aromatic carbocycles. The Morgan fingerprint density at radius 1 is 0.870 bits per heavy atom. The van der Waals surface area contributed by atoms with Crippen LogP contribution in [0.3, 0.4) is 0 Å². The number of carbonyl (C=O) groups is 2. The number of hydrogen-bond acceptors (Lipinski definition) is 11. The van der Waals surface area contributed by atoms with Crippen LogP contribution < -0.4 is 27.3 Å². The fraction of sp³-hybridized carbons (Fsp3) is 0.419. The highest BCUT2D eigenvalue weighted by Crippen LogP contribution is 2.20. The minimum absolute atomic E-state index is 0.222. The van der Waals surface area contributed by atoms with Crippen LogP contribution in [-0.4, -0.2) is 73.7 Å². The van der Waals surface area contributed by atoms with E-state index in [0.717, 1.165) is 26.1 Å². The quantitative estimate of drug-likeness (QED) is 0.0520. The molecule has 15 nitrogen and oxygen atoms in total. The van der Waals surface area contributed by atoms with E-state index in [-0.39, 0.29) is 17.6 Å². The van der Waals surface area contributed by atoms with Crippen LogP contribution in [0.4, 0.5) is 29.0 Å². The number of aromatic nitrogens is 5. The second kappa shape index (κ2) is 16.8. The largest absolute Gasteiger partial charge is 0.354 e. The molecule has 1 unspecified atom stereocenters. The van der Waals surface area contributed by atoms with Gasteiger partial charge in [-0.15, -0.1) is 0 Å². The summed E-state index contributed by atoms with van der Waals surface area (Å²) < 4.78 is 0. The third-order valence-corrected chi connectivity index (χ3v) is 7.08. The molecule has 4 rings (SSSR count). The molecule has 0 aliphatic carbocycles. The molecule has 2 aromatic heterocycles. The summed E-state index contributed by atoms with van der Waals surface area (Å²) in [6.07, 6.45) is 5.60. The Morgan fingerprint density at radius 2 is 1.54 bits per heavy atom. The standard InChI is InChI=1S/C31H41N11O4/c1-4-6-16-42(17-7-5-2)18-8-15-32-28-37-29(39-31(46)38-28)34-21-9-11-22(12-10-21)40-41-26(20(3)43)27(44)33-23-13-14-24-25(19-23)36-30(45)35-24/h9-14,19,26H,4-8,15-18H2,1-3H3,(H,33,44)(H2,35,36,45)(H3,32,34,37,38,39,46). The molecule has 0 fully saturated rings. The number of fused-ring (bicyclic) bond motifs is 1. The summed E-state index contributed by atoms with van der Waals surface area (Å²) >= 11 is 0. The summed E-state index contributed by atoms with van der Waals surface area (Å²) in [7, 11) is 0. The topological polar surface area (TPSA) is 205 Å². The number of carbonyl (C=O) groups excluding carboxylic acids is 2. The molecule has 244 valence electrons. The summed E-state index contributed by atoms with van der Waals surface area (Å²) in [5, 5.41) is 16.9. The van der Waals surface area contributed by atoms with Gasteiger partial charge in [-0.25, -0.2) is 9.59 Å². The van der Waals surface area contributed by atoms with E-state index in [2.05, 4.69) is 69.8 Å². The molecule has 15 heteroatoms. The van der Waals surface area contributed by atoms with Crippen molar-refractivity contribution < 1.29 is 9.59 Å². The first-order chi connectivity index (χ1) is 22.2. The lowest BCUT2D eigenvalue weighted by molar-refractivity contribution is -0.126. The van der Waals surface area contributed by atoms with Gasteiger partial charge in [-0.05, 0) is 88.3 Å². The minimum atomic E-state index is -1.37. The number of nitrogens with zero attached hydrogens (tertiary/aromatic N) is 5. The molecule has 2 heterocycles. The van der Waals surface area contributed by atoms with Crippen LogP contribution in [0.1, 0.15) is 52.9 Å². The van der Waals surface area contributed by atoms with Crippen molar-refractivity contribution in [3.63, 3.8) is 0 Å². The first kappa shape index (κ1) is 33.7. The smallest absolute Gasteiger partial charge is 0.351 e. The maximum atomic E-state index is 12.8. The number of H-pyrrole nitrogens is 3. The lowest BCUT2D eigenvalue weighted by Gasteiger charge is -2.21. The zero-order valence-corrected chi connectivity index (χ0v) is 26.4. The Morgan fingerprint density at radius 3 is 2.24 bits per heavy atom. The van der Waals surface area contributed by atoms with Gasteiger partial charge in [0.1, 0.15) is 0 Å². The van der Waals surface area contributed by atoms with Crippen molar-refractivity contribution in [2.75, 3.05) is 42.1 Å². The van der Waals surface area contributed by atoms with Crippen molar-refractivity contribution in [2.45, 2.75) is 58.9 Å². The van der Waals surface area contributed by atoms with E-state index in [0.29, 0.717) is 34.6 Å². The van der Waals surface area contributed by atoms with Gasteiger partial charge in [0.2, 0.25) is 17.9 Å². The summed E-state index contributed by atoms with van der Waals surface area (Å²) in [6.45, 7) is 9.44. The Labute approximate surface area is 265 Å². The highest BCUT2D eigenvalue weighted by atomic mass is 16.2. The molecule has 1 atom stereocenters. The molecule has 0 aliphatic rings. The van der Waals surface area contributed by atoms with Gasteiger partial charge in [0.25, 0.3) is 5.91 Å². The molecule has 0 aliphatic heterocycles. The lowest BCUT2D eigenvalue weighted by Crippen LogP contribution is -2.31. The van der Waals surface area contributed by atoms with Crippen LogP contribution >= 0.6 is 0 Å². The van der Waals surface area contributed by atoms with Crippen LogP contribution in [0, 0.1) is 0 Å². The van der Waals surface area contributed by atoms with Crippen LogP contribution in [0.15, 0.2) is 62.3 Å². The van der Waals surface area contributed by atoms with E-state index >= 15 is 0 Å². The molecular weight excluding hydrogens is 590 g/mol. The van der Waals surface area contributed by atoms with Crippen LogP contribution in [0.5, 0.6) is 0 Å². The van der Waals surface area contributed by atoms with Crippen LogP contribution in [-0.2, 0) is 9.59 Å². The Hall–Kier alpha value is -5.18. The number of amides is 1. The third-order valence-electron chi connectivity index (χ3n) is 7.08. The number of azo groups is 1. The first-order valence-corrected chi connectivity index (χ1v) is 15.5. The van der Waals surface area contributed by atoms with Crippen molar-refractivity contribution >= 4 is 51.7 Å². The molecule has 4 aromatic rings. The number of nitrogens with one attached hydrogen (secondary N) is 6. The number of anilines is 4. The number of Topliss-reactive ketones (excluding diaryl/α,β-unsaturated/α-hetero) is 1. The highest BCUT2D eigenvalue weighted by Gasteiger charge is 2.23. The third kappa shape index (κ3) is 10.2. The van der Waals surface area contributed by atoms with Crippen molar-refractivity contribution in [1.29, 1.82) is 0 Å². The zero-order valence-electron chi connectivity index (χ0n) is 26.4. The molecular formula is C31H41N11O4. The Kier molecular flexibility index (Phi) is 12.3. The van der Waals surface area contributed by atoms with Gasteiger partial charge in [0.15, 0.2) is 5.78 Å². The van der Waals surface area contributed by atoms with E-state index in [1.165, 1.54) is 32.6 Å². The number of rotatable bonds is 18. The summed E-state index contributed by atoms with van der Waals surface area (Å²) in [5.74, 6) is -0.688. The molecule has 0 bridgehead atoms. The lowest BCUT2D eigenvalue weighted by atomic mass is 10.2. The van der Waals surface area contributed by atoms with E-state index in [1.807, 2.05) is 0 Å². The number of hydrogen-bond donors (Lipinski definition) is 6. The normalized spacial score (nSPS) is 12.1. The van der Waals surface area contributed by atoms with E-state index < -0.39 is 23.4 Å². The number of ketones is 1. The molecule has 46 heavy (non-hydrogen) atoms. The van der Waals surface area contributed by atoms with Crippen molar-refractivity contribution in [3.05, 3.63) is 63.4 Å². The number of aromatic amines is 3. The Balaban J connectivity index is 1.31. The van der Waals surface area contributed by atoms with Crippen molar-refractivity contribution in [2.24, 2.45) is 10.2 Å². The van der Waals surface area contributed by atoms with Gasteiger partial charge in [0, 0.05) is 17.9 Å². The van der Waals surface area contributed by atoms with E-state index in [9.17, 15) is 19.2 Å².